The number of benzene rings is 2. The molecule has 0 heterocycles. The normalized spacial score (nSPS) is 18.8. The molecule has 1 aliphatic carbocycles. The monoisotopic (exact) mass is 525 g/mol. The summed E-state index contributed by atoms with van der Waals surface area (Å²) in [7, 11) is 4.83. The van der Waals surface area contributed by atoms with Crippen LogP contribution in [-0.2, 0) is 6.54 Å². The lowest BCUT2D eigenvalue weighted by molar-refractivity contribution is 0.339. The van der Waals surface area contributed by atoms with E-state index in [0.29, 0.717) is 30.0 Å². The maximum absolute atomic E-state index is 10.1. The van der Waals surface area contributed by atoms with E-state index in [-0.39, 0.29) is 29.7 Å². The van der Waals surface area contributed by atoms with Crippen LogP contribution in [0.25, 0.3) is 0 Å². The summed E-state index contributed by atoms with van der Waals surface area (Å²) in [6.07, 6.45) is 4.62. The van der Waals surface area contributed by atoms with E-state index in [1.165, 1.54) is 32.6 Å². The molecule has 0 unspecified atom stereocenters. The van der Waals surface area contributed by atoms with Gasteiger partial charge in [-0.1, -0.05) is 30.3 Å². The molecule has 3 N–H and O–H groups in total. The quantitative estimate of drug-likeness (QED) is 0.296. The van der Waals surface area contributed by atoms with Gasteiger partial charge in [-0.3, -0.25) is 4.99 Å². The number of aliphatic imine (C=N–C) groups is 1. The van der Waals surface area contributed by atoms with E-state index in [2.05, 4.69) is 46.0 Å². The zero-order chi connectivity index (χ0) is 20.6. The Labute approximate surface area is 196 Å². The third-order valence-electron chi connectivity index (χ3n) is 5.56. The van der Waals surface area contributed by atoms with Gasteiger partial charge in [-0.25, -0.2) is 0 Å². The Hall–Kier alpha value is -2.16. The molecule has 2 aromatic carbocycles. The van der Waals surface area contributed by atoms with Gasteiger partial charge in [-0.2, -0.15) is 0 Å². The Bertz CT molecular complexity index is 797. The van der Waals surface area contributed by atoms with Crippen molar-refractivity contribution in [2.24, 2.45) is 4.99 Å². The molecule has 0 saturated heterocycles. The van der Waals surface area contributed by atoms with Crippen LogP contribution in [0.5, 0.6) is 17.2 Å². The zero-order valence-corrected chi connectivity index (χ0v) is 20.2. The topological polar surface area (TPSA) is 75.1 Å². The molecule has 7 heteroatoms. The van der Waals surface area contributed by atoms with Crippen molar-refractivity contribution >= 4 is 29.9 Å². The van der Waals surface area contributed by atoms with Gasteiger partial charge in [0.2, 0.25) is 5.75 Å². The summed E-state index contributed by atoms with van der Waals surface area (Å²) in [5, 5.41) is 16.9. The summed E-state index contributed by atoms with van der Waals surface area (Å²) < 4.78 is 10.5. The van der Waals surface area contributed by atoms with Crippen molar-refractivity contribution in [3.8, 4) is 17.2 Å². The second-order valence-electron chi connectivity index (χ2n) is 7.38. The molecule has 1 saturated carbocycles. The number of nitrogens with one attached hydrogen (secondary N) is 2. The van der Waals surface area contributed by atoms with E-state index in [1.807, 2.05) is 0 Å². The Morgan fingerprint density at radius 2 is 1.63 bits per heavy atom. The van der Waals surface area contributed by atoms with Crippen LogP contribution in [0.1, 0.15) is 42.7 Å². The summed E-state index contributed by atoms with van der Waals surface area (Å²) >= 11 is 0. The second-order valence-corrected chi connectivity index (χ2v) is 7.38. The molecule has 1 aliphatic rings. The zero-order valence-electron chi connectivity index (χ0n) is 17.9. The molecule has 164 valence electrons. The minimum atomic E-state index is 0. The number of aromatic hydroxyl groups is 1. The summed E-state index contributed by atoms with van der Waals surface area (Å²) in [6.45, 7) is 0.548. The standard InChI is InChI=1S/C23H31N3O3.HI/c1-24-23(25-15-16-13-20(28-2)22(27)21(14-16)29-3)26-19-11-9-18(10-12-19)17-7-5-4-6-8-17;/h4-8,13-14,18-19,27H,9-12,15H2,1-3H3,(H2,24,25,26);1H. The number of methoxy groups -OCH3 is 2. The smallest absolute Gasteiger partial charge is 0.200 e. The molecule has 0 bridgehead atoms. The molecule has 1 fully saturated rings. The Balaban J connectivity index is 0.00000320. The molecule has 3 rings (SSSR count). The molecule has 2 aromatic rings. The first-order chi connectivity index (χ1) is 14.1. The highest BCUT2D eigenvalue weighted by Crippen LogP contribution is 2.37. The lowest BCUT2D eigenvalue weighted by Gasteiger charge is -2.30. The predicted octanol–water partition coefficient (Wildman–Crippen LogP) is 4.42. The van der Waals surface area contributed by atoms with Gasteiger partial charge in [0.15, 0.2) is 17.5 Å². The predicted molar refractivity (Wildman–Crippen MR) is 131 cm³/mol. The van der Waals surface area contributed by atoms with Crippen molar-refractivity contribution < 1.29 is 14.6 Å². The second kappa shape index (κ2) is 11.9. The van der Waals surface area contributed by atoms with Gasteiger partial charge in [0.05, 0.1) is 14.2 Å². The van der Waals surface area contributed by atoms with Crippen molar-refractivity contribution in [3.63, 3.8) is 0 Å². The summed E-state index contributed by atoms with van der Waals surface area (Å²) in [6, 6.07) is 14.8. The van der Waals surface area contributed by atoms with Gasteiger partial charge in [0.25, 0.3) is 0 Å². The van der Waals surface area contributed by atoms with E-state index in [9.17, 15) is 5.11 Å². The summed E-state index contributed by atoms with van der Waals surface area (Å²) in [4.78, 5) is 4.36. The fourth-order valence-electron chi connectivity index (χ4n) is 3.92. The number of hydrogen-bond acceptors (Lipinski definition) is 4. The third kappa shape index (κ3) is 6.17. The maximum atomic E-state index is 10.1. The molecule has 0 amide bonds. The van der Waals surface area contributed by atoms with Gasteiger partial charge in [0, 0.05) is 19.6 Å². The highest BCUT2D eigenvalue weighted by Gasteiger charge is 2.23. The van der Waals surface area contributed by atoms with Gasteiger partial charge in [0.1, 0.15) is 0 Å². The minimum absolute atomic E-state index is 0. The van der Waals surface area contributed by atoms with Gasteiger partial charge >= 0.3 is 0 Å². The maximum Gasteiger partial charge on any atom is 0.200 e. The number of halogens is 1. The van der Waals surface area contributed by atoms with Gasteiger partial charge in [-0.05, 0) is 54.9 Å². The number of rotatable bonds is 6. The van der Waals surface area contributed by atoms with E-state index >= 15 is 0 Å². The van der Waals surface area contributed by atoms with Crippen molar-refractivity contribution in [1.82, 2.24) is 10.6 Å². The average Bonchev–Trinajstić information content (AvgIpc) is 2.78. The molecule has 6 nitrogen and oxygen atoms in total. The summed E-state index contributed by atoms with van der Waals surface area (Å²) in [5.74, 6) is 2.23. The lowest BCUT2D eigenvalue weighted by atomic mass is 9.82. The van der Waals surface area contributed by atoms with E-state index in [1.54, 1.807) is 19.2 Å². The molecule has 0 aromatic heterocycles. The fraction of sp³-hybridized carbons (Fsp3) is 0.435. The molecule has 0 radical (unpaired) electrons. The third-order valence-corrected chi connectivity index (χ3v) is 5.56. The van der Waals surface area contributed by atoms with Crippen molar-refractivity contribution in [3.05, 3.63) is 53.6 Å². The number of ether oxygens (including phenoxy) is 2. The Morgan fingerprint density at radius 1 is 1.03 bits per heavy atom. The molecular weight excluding hydrogens is 493 g/mol. The number of nitrogens with zero attached hydrogens (tertiary/aromatic N) is 1. The van der Waals surface area contributed by atoms with Crippen LogP contribution in [0, 0.1) is 0 Å². The van der Waals surface area contributed by atoms with Crippen LogP contribution in [0.2, 0.25) is 0 Å². The number of guanidine groups is 1. The lowest BCUT2D eigenvalue weighted by Crippen LogP contribution is -2.44. The summed E-state index contributed by atoms with van der Waals surface area (Å²) in [5.41, 5.74) is 2.39. The van der Waals surface area contributed by atoms with Crippen LogP contribution in [0.15, 0.2) is 47.5 Å². The molecule has 0 spiro atoms. The van der Waals surface area contributed by atoms with E-state index in [0.717, 1.165) is 24.4 Å². The number of phenolic OH excluding ortho intramolecular Hbond substituents is 1. The molecule has 0 aliphatic heterocycles. The number of phenols is 1. The highest BCUT2D eigenvalue weighted by atomic mass is 127. The average molecular weight is 525 g/mol. The first-order valence-electron chi connectivity index (χ1n) is 10.1. The molecular formula is C23H32IN3O3. The largest absolute Gasteiger partial charge is 0.502 e. The van der Waals surface area contributed by atoms with Crippen molar-refractivity contribution in [1.29, 1.82) is 0 Å². The first kappa shape index (κ1) is 24.1. The van der Waals surface area contributed by atoms with Crippen LogP contribution in [0.4, 0.5) is 0 Å². The van der Waals surface area contributed by atoms with Crippen LogP contribution >= 0.6 is 24.0 Å². The minimum Gasteiger partial charge on any atom is -0.502 e. The Morgan fingerprint density at radius 3 is 2.17 bits per heavy atom. The van der Waals surface area contributed by atoms with Gasteiger partial charge < -0.3 is 25.2 Å². The van der Waals surface area contributed by atoms with Crippen molar-refractivity contribution in [2.75, 3.05) is 21.3 Å². The molecule has 0 atom stereocenters. The SMILES string of the molecule is CN=C(NCc1cc(OC)c(O)c(OC)c1)NC1CCC(c2ccccc2)CC1.I. The number of hydrogen-bond donors (Lipinski definition) is 3. The van der Waals surface area contributed by atoms with Crippen molar-refractivity contribution in [2.45, 2.75) is 44.2 Å². The van der Waals surface area contributed by atoms with Crippen LogP contribution in [-0.4, -0.2) is 38.4 Å². The highest BCUT2D eigenvalue weighted by molar-refractivity contribution is 14.0. The van der Waals surface area contributed by atoms with E-state index in [4.69, 9.17) is 9.47 Å². The van der Waals surface area contributed by atoms with Crippen LogP contribution in [0.3, 0.4) is 0 Å². The molecule has 30 heavy (non-hydrogen) atoms. The van der Waals surface area contributed by atoms with E-state index < -0.39 is 0 Å². The van der Waals surface area contributed by atoms with Crippen LogP contribution < -0.4 is 20.1 Å². The fourth-order valence-corrected chi connectivity index (χ4v) is 3.92. The first-order valence-corrected chi connectivity index (χ1v) is 10.1. The van der Waals surface area contributed by atoms with Gasteiger partial charge in [-0.15, -0.1) is 24.0 Å². The Kier molecular flexibility index (Phi) is 9.55.